The van der Waals surface area contributed by atoms with Crippen LogP contribution in [0.4, 0.5) is 0 Å². The Hall–Kier alpha value is -1.40. The zero-order valence-electron chi connectivity index (χ0n) is 11.5. The van der Waals surface area contributed by atoms with Crippen molar-refractivity contribution < 1.29 is 8.42 Å². The van der Waals surface area contributed by atoms with Gasteiger partial charge in [0.25, 0.3) is 0 Å². The first-order valence-corrected chi connectivity index (χ1v) is 7.65. The number of hydrogen-bond acceptors (Lipinski definition) is 3. The summed E-state index contributed by atoms with van der Waals surface area (Å²) in [5.41, 5.74) is 6.54. The van der Waals surface area contributed by atoms with Crippen LogP contribution >= 0.6 is 0 Å². The lowest BCUT2D eigenvalue weighted by molar-refractivity contribution is 0.458. The fraction of sp³-hybridized carbons (Fsp3) is 0.462. The summed E-state index contributed by atoms with van der Waals surface area (Å²) in [6.45, 7) is 5.90. The third-order valence-corrected chi connectivity index (χ3v) is 4.21. The van der Waals surface area contributed by atoms with Crippen LogP contribution in [-0.4, -0.2) is 20.0 Å². The van der Waals surface area contributed by atoms with Crippen LogP contribution < -0.4 is 10.5 Å². The molecular formula is C13H21N3O2S. The molecule has 106 valence electrons. The van der Waals surface area contributed by atoms with Gasteiger partial charge in [0.05, 0.1) is 5.75 Å². The van der Waals surface area contributed by atoms with Crippen molar-refractivity contribution in [2.24, 2.45) is 11.1 Å². The highest BCUT2D eigenvalue weighted by Gasteiger charge is 2.20. The highest BCUT2D eigenvalue weighted by atomic mass is 32.2. The van der Waals surface area contributed by atoms with Gasteiger partial charge in [-0.2, -0.15) is 0 Å². The molecule has 0 aliphatic heterocycles. The first-order chi connectivity index (χ1) is 8.59. The lowest BCUT2D eigenvalue weighted by atomic mass is 10.0. The molecule has 4 N–H and O–H groups in total. The third kappa shape index (κ3) is 5.85. The van der Waals surface area contributed by atoms with Crippen molar-refractivity contribution in [2.45, 2.75) is 27.3 Å². The summed E-state index contributed by atoms with van der Waals surface area (Å²) in [5.74, 6) is 0.0887. The Labute approximate surface area is 114 Å². The minimum Gasteiger partial charge on any atom is -0.384 e. The molecular weight excluding hydrogens is 262 g/mol. The Morgan fingerprint density at radius 1 is 1.26 bits per heavy atom. The number of rotatable bonds is 5. The van der Waals surface area contributed by atoms with E-state index in [0.717, 1.165) is 5.56 Å². The number of amidine groups is 1. The van der Waals surface area contributed by atoms with Gasteiger partial charge in [0.1, 0.15) is 5.84 Å². The van der Waals surface area contributed by atoms with E-state index < -0.39 is 10.0 Å². The summed E-state index contributed by atoms with van der Waals surface area (Å²) in [6.07, 6.45) is 0. The van der Waals surface area contributed by atoms with Crippen molar-refractivity contribution in [3.63, 3.8) is 0 Å². The number of hydrogen-bond donors (Lipinski definition) is 3. The van der Waals surface area contributed by atoms with Gasteiger partial charge in [0, 0.05) is 12.1 Å². The molecule has 0 radical (unpaired) electrons. The van der Waals surface area contributed by atoms with Crippen LogP contribution in [0.2, 0.25) is 0 Å². The maximum absolute atomic E-state index is 11.8. The maximum atomic E-state index is 11.8. The van der Waals surface area contributed by atoms with Crippen LogP contribution in [0.3, 0.4) is 0 Å². The molecule has 0 aliphatic carbocycles. The van der Waals surface area contributed by atoms with Gasteiger partial charge >= 0.3 is 0 Å². The fourth-order valence-electron chi connectivity index (χ4n) is 1.62. The lowest BCUT2D eigenvalue weighted by Crippen LogP contribution is -2.32. The molecule has 0 fully saturated rings. The predicted molar refractivity (Wildman–Crippen MR) is 77.5 cm³/mol. The van der Waals surface area contributed by atoms with Crippen molar-refractivity contribution in [1.82, 2.24) is 4.72 Å². The summed E-state index contributed by atoms with van der Waals surface area (Å²) in [6, 6.07) is 6.93. The van der Waals surface area contributed by atoms with Crippen LogP contribution in [0, 0.1) is 10.8 Å². The first-order valence-electron chi connectivity index (χ1n) is 6.00. The first kappa shape index (κ1) is 15.7. The number of nitrogens with one attached hydrogen (secondary N) is 2. The molecule has 0 aromatic heterocycles. The molecule has 0 aliphatic rings. The zero-order chi connectivity index (χ0) is 14.7. The Bertz CT molecular complexity index is 542. The lowest BCUT2D eigenvalue weighted by Gasteiger charge is -2.18. The molecule has 0 amide bonds. The molecule has 0 unspecified atom stereocenters. The van der Waals surface area contributed by atoms with Crippen molar-refractivity contribution >= 4 is 15.9 Å². The summed E-state index contributed by atoms with van der Waals surface area (Å²) < 4.78 is 26.2. The second kappa shape index (κ2) is 5.71. The molecule has 0 saturated carbocycles. The van der Waals surface area contributed by atoms with Gasteiger partial charge in [-0.25, -0.2) is 13.1 Å². The second-order valence-electron chi connectivity index (χ2n) is 5.75. The van der Waals surface area contributed by atoms with E-state index in [1.54, 1.807) is 24.3 Å². The molecule has 0 atom stereocenters. The van der Waals surface area contributed by atoms with Gasteiger partial charge in [0.15, 0.2) is 0 Å². The predicted octanol–water partition coefficient (Wildman–Crippen LogP) is 1.44. The molecule has 0 heterocycles. The van der Waals surface area contributed by atoms with Crippen LogP contribution in [0.1, 0.15) is 31.9 Å². The van der Waals surface area contributed by atoms with Crippen molar-refractivity contribution in [2.75, 3.05) is 5.75 Å². The van der Waals surface area contributed by atoms with Gasteiger partial charge in [0.2, 0.25) is 10.0 Å². The van der Waals surface area contributed by atoms with Gasteiger partial charge in [-0.05, 0) is 11.0 Å². The Kier molecular flexibility index (Phi) is 4.70. The number of benzene rings is 1. The smallest absolute Gasteiger partial charge is 0.212 e. The minimum absolute atomic E-state index is 0.000127. The number of nitrogens with two attached hydrogens (primary N) is 1. The van der Waals surface area contributed by atoms with Crippen LogP contribution in [0.5, 0.6) is 0 Å². The molecule has 19 heavy (non-hydrogen) atoms. The van der Waals surface area contributed by atoms with Gasteiger partial charge < -0.3 is 5.73 Å². The van der Waals surface area contributed by atoms with Crippen LogP contribution in [0.15, 0.2) is 24.3 Å². The molecule has 5 nitrogen and oxygen atoms in total. The summed E-state index contributed by atoms with van der Waals surface area (Å²) in [5, 5.41) is 7.27. The van der Waals surface area contributed by atoms with E-state index in [1.807, 2.05) is 20.8 Å². The van der Waals surface area contributed by atoms with Gasteiger partial charge in [-0.15, -0.1) is 0 Å². The molecule has 6 heteroatoms. The van der Waals surface area contributed by atoms with Crippen LogP contribution in [0.25, 0.3) is 0 Å². The van der Waals surface area contributed by atoms with E-state index in [0.29, 0.717) is 5.56 Å². The van der Waals surface area contributed by atoms with Crippen molar-refractivity contribution in [3.05, 3.63) is 35.4 Å². The molecule has 0 spiro atoms. The summed E-state index contributed by atoms with van der Waals surface area (Å²) in [4.78, 5) is 0. The Morgan fingerprint density at radius 2 is 1.79 bits per heavy atom. The minimum atomic E-state index is -3.28. The van der Waals surface area contributed by atoms with E-state index in [-0.39, 0.29) is 23.5 Å². The molecule has 1 aromatic carbocycles. The molecule has 1 rings (SSSR count). The van der Waals surface area contributed by atoms with Crippen LogP contribution in [-0.2, 0) is 16.6 Å². The zero-order valence-corrected chi connectivity index (χ0v) is 12.3. The van der Waals surface area contributed by atoms with E-state index in [2.05, 4.69) is 4.72 Å². The van der Waals surface area contributed by atoms with E-state index in [9.17, 15) is 8.42 Å². The van der Waals surface area contributed by atoms with Crippen molar-refractivity contribution in [1.29, 1.82) is 5.41 Å². The normalized spacial score (nSPS) is 12.4. The second-order valence-corrected chi connectivity index (χ2v) is 7.56. The van der Waals surface area contributed by atoms with E-state index >= 15 is 0 Å². The van der Waals surface area contributed by atoms with E-state index in [4.69, 9.17) is 11.1 Å². The standard InChI is InChI=1S/C13H21N3O2S/c1-13(2,3)9-19(17,18)16-8-10-4-6-11(7-5-10)12(14)15/h4-7,16H,8-9H2,1-3H3,(H3,14,15). The molecule has 0 bridgehead atoms. The SMILES string of the molecule is CC(C)(C)CS(=O)(=O)NCc1ccc(C(=N)N)cc1. The highest BCUT2D eigenvalue weighted by Crippen LogP contribution is 2.15. The monoisotopic (exact) mass is 283 g/mol. The largest absolute Gasteiger partial charge is 0.384 e. The van der Waals surface area contributed by atoms with Gasteiger partial charge in [-0.3, -0.25) is 5.41 Å². The molecule has 0 saturated heterocycles. The third-order valence-electron chi connectivity index (χ3n) is 2.38. The topological polar surface area (TPSA) is 96.0 Å². The maximum Gasteiger partial charge on any atom is 0.212 e. The average molecular weight is 283 g/mol. The quantitative estimate of drug-likeness (QED) is 0.563. The number of sulfonamides is 1. The average Bonchev–Trinajstić information content (AvgIpc) is 2.24. The summed E-state index contributed by atoms with van der Waals surface area (Å²) in [7, 11) is -3.28. The Morgan fingerprint density at radius 3 is 2.21 bits per heavy atom. The highest BCUT2D eigenvalue weighted by molar-refractivity contribution is 7.89. The fourth-order valence-corrected chi connectivity index (χ4v) is 3.25. The molecule has 1 aromatic rings. The van der Waals surface area contributed by atoms with Gasteiger partial charge in [-0.1, -0.05) is 45.0 Å². The Balaban J connectivity index is 2.64. The number of nitrogen functional groups attached to an aromatic ring is 1. The van der Waals surface area contributed by atoms with E-state index in [1.165, 1.54) is 0 Å². The summed E-state index contributed by atoms with van der Waals surface area (Å²) >= 11 is 0. The van der Waals surface area contributed by atoms with Crippen molar-refractivity contribution in [3.8, 4) is 0 Å².